The zero-order valence-electron chi connectivity index (χ0n) is 29.3. The van der Waals surface area contributed by atoms with E-state index >= 15 is 0 Å². The molecule has 1 N–H and O–H groups in total. The van der Waals surface area contributed by atoms with Gasteiger partial charge in [-0.15, -0.1) is 0 Å². The molecule has 10 heteroatoms. The van der Waals surface area contributed by atoms with Crippen LogP contribution in [0.4, 0.5) is 0 Å². The highest BCUT2D eigenvalue weighted by atomic mass is 16.6. The third-order valence-corrected chi connectivity index (χ3v) is 10.5. The Kier molecular flexibility index (Phi) is 7.67. The number of hydrogen-bond acceptors (Lipinski definition) is 7. The number of benzene rings is 5. The first kappa shape index (κ1) is 32.6. The SMILES string of the molecule is CC(=O)n1c2ccccc2c2c3c(c4c5ccccc5n([C@H]5C[C@H](OC(=O)c6ccc(C)cc6)[C@@H](COC(=O)c6ccc(C)cc6)O5)c4c21)C(=O)NC3. The first-order valence-electron chi connectivity index (χ1n) is 17.7. The third kappa shape index (κ3) is 5.20. The Labute approximate surface area is 303 Å². The van der Waals surface area contributed by atoms with Gasteiger partial charge in [-0.3, -0.25) is 14.2 Å². The number of nitrogens with one attached hydrogen (secondary N) is 1. The van der Waals surface area contributed by atoms with Crippen molar-refractivity contribution in [2.75, 3.05) is 6.61 Å². The number of rotatable bonds is 6. The predicted octanol–water partition coefficient (Wildman–Crippen LogP) is 7.79. The van der Waals surface area contributed by atoms with Crippen molar-refractivity contribution in [3.63, 3.8) is 0 Å². The molecule has 7 aromatic rings. The number of aryl methyl sites for hydroxylation is 2. The van der Waals surface area contributed by atoms with Gasteiger partial charge in [0.05, 0.1) is 38.8 Å². The van der Waals surface area contributed by atoms with Gasteiger partial charge in [0.2, 0.25) is 5.91 Å². The van der Waals surface area contributed by atoms with Crippen LogP contribution in [0.15, 0.2) is 97.1 Å². The van der Waals surface area contributed by atoms with Crippen molar-refractivity contribution in [1.82, 2.24) is 14.5 Å². The van der Waals surface area contributed by atoms with Gasteiger partial charge in [0.1, 0.15) is 25.0 Å². The quantitative estimate of drug-likeness (QED) is 0.176. The van der Waals surface area contributed by atoms with E-state index in [9.17, 15) is 19.2 Å². The highest BCUT2D eigenvalue weighted by Gasteiger charge is 2.42. The van der Waals surface area contributed by atoms with Crippen molar-refractivity contribution in [3.8, 4) is 0 Å². The van der Waals surface area contributed by atoms with E-state index in [4.69, 9.17) is 14.2 Å². The Hall–Kier alpha value is -6.26. The summed E-state index contributed by atoms with van der Waals surface area (Å²) < 4.78 is 22.5. The molecule has 1 amide bonds. The average Bonchev–Trinajstić information content (AvgIpc) is 3.91. The molecule has 1 fully saturated rings. The van der Waals surface area contributed by atoms with Gasteiger partial charge in [0.15, 0.2) is 0 Å². The van der Waals surface area contributed by atoms with Crippen LogP contribution in [0.3, 0.4) is 0 Å². The summed E-state index contributed by atoms with van der Waals surface area (Å²) in [4.78, 5) is 54.0. The number of carbonyl (C=O) groups is 4. The smallest absolute Gasteiger partial charge is 0.338 e. The molecule has 53 heavy (non-hydrogen) atoms. The van der Waals surface area contributed by atoms with Crippen LogP contribution in [-0.2, 0) is 20.8 Å². The molecule has 9 rings (SSSR count). The molecule has 1 saturated heterocycles. The van der Waals surface area contributed by atoms with Crippen molar-refractivity contribution in [2.45, 2.75) is 52.2 Å². The maximum absolute atomic E-state index is 13.7. The Balaban J connectivity index is 1.22. The lowest BCUT2D eigenvalue weighted by molar-refractivity contribution is -0.0551. The topological polar surface area (TPSA) is 118 Å². The average molecular weight is 706 g/mol. The fraction of sp³-hybridized carbons (Fsp3) is 0.209. The second-order valence-electron chi connectivity index (χ2n) is 13.9. The Morgan fingerprint density at radius 3 is 2.04 bits per heavy atom. The van der Waals surface area contributed by atoms with E-state index in [2.05, 4.69) is 5.32 Å². The number of ether oxygens (including phenoxy) is 3. The maximum atomic E-state index is 13.7. The summed E-state index contributed by atoms with van der Waals surface area (Å²) in [6.45, 7) is 5.57. The summed E-state index contributed by atoms with van der Waals surface area (Å²) in [6, 6.07) is 29.7. The van der Waals surface area contributed by atoms with Gasteiger partial charge in [-0.05, 0) is 55.8 Å². The van der Waals surface area contributed by atoms with Gasteiger partial charge < -0.3 is 24.1 Å². The minimum Gasteiger partial charge on any atom is -0.459 e. The minimum atomic E-state index is -0.827. The molecule has 5 aromatic carbocycles. The number of esters is 2. The zero-order valence-corrected chi connectivity index (χ0v) is 29.3. The van der Waals surface area contributed by atoms with Crippen molar-refractivity contribution in [3.05, 3.63) is 130 Å². The number of amides is 1. The van der Waals surface area contributed by atoms with Gasteiger partial charge in [-0.25, -0.2) is 9.59 Å². The van der Waals surface area contributed by atoms with Crippen molar-refractivity contribution < 1.29 is 33.4 Å². The maximum Gasteiger partial charge on any atom is 0.338 e. The molecule has 4 heterocycles. The van der Waals surface area contributed by atoms with Crippen LogP contribution in [-0.4, -0.2) is 51.7 Å². The zero-order chi connectivity index (χ0) is 36.5. The van der Waals surface area contributed by atoms with Gasteiger partial charge in [0, 0.05) is 41.4 Å². The molecule has 3 atom stereocenters. The largest absolute Gasteiger partial charge is 0.459 e. The van der Waals surface area contributed by atoms with E-state index in [1.54, 1.807) is 28.8 Å². The molecule has 0 saturated carbocycles. The molecule has 2 aromatic heterocycles. The van der Waals surface area contributed by atoms with Crippen LogP contribution in [0.2, 0.25) is 0 Å². The monoisotopic (exact) mass is 705 g/mol. The van der Waals surface area contributed by atoms with Gasteiger partial charge in [0.25, 0.3) is 5.91 Å². The van der Waals surface area contributed by atoms with Crippen LogP contribution in [0.1, 0.15) is 72.1 Å². The normalized spacial score (nSPS) is 18.2. The molecular weight excluding hydrogens is 670 g/mol. The molecular formula is C43H35N3O7. The number of nitrogens with zero attached hydrogens (tertiary/aromatic N) is 2. The van der Waals surface area contributed by atoms with E-state index in [-0.39, 0.29) is 24.8 Å². The number of aromatic nitrogens is 2. The first-order chi connectivity index (χ1) is 25.7. The van der Waals surface area contributed by atoms with Gasteiger partial charge in [-0.1, -0.05) is 71.8 Å². The first-order valence-corrected chi connectivity index (χ1v) is 17.7. The van der Waals surface area contributed by atoms with E-state index in [1.165, 1.54) is 6.92 Å². The van der Waals surface area contributed by atoms with E-state index in [0.717, 1.165) is 49.3 Å². The van der Waals surface area contributed by atoms with Gasteiger partial charge in [-0.2, -0.15) is 0 Å². The molecule has 264 valence electrons. The van der Waals surface area contributed by atoms with Gasteiger partial charge >= 0.3 is 11.9 Å². The summed E-state index contributed by atoms with van der Waals surface area (Å²) in [5, 5.41) is 6.26. The minimum absolute atomic E-state index is 0.174. The standard InChI is InChI=1S/C43H35N3O7/c1-23-12-16-26(17-13-23)42(49)51-22-34-33(53-43(50)27-18-14-24(2)15-19-27)20-35(52-34)46-32-11-7-5-9-29(32)37-38-30(21-44-41(38)48)36-28-8-4-6-10-31(28)45(25(3)47)39(36)40(37)46/h4-19,33-35H,20-22H2,1-3H3,(H,44,48)/t33-,34+,35+/m0/s1. The Bertz CT molecular complexity index is 2670. The highest BCUT2D eigenvalue weighted by Crippen LogP contribution is 2.47. The molecule has 10 nitrogen and oxygen atoms in total. The summed E-state index contributed by atoms with van der Waals surface area (Å²) >= 11 is 0. The van der Waals surface area contributed by atoms with Crippen LogP contribution >= 0.6 is 0 Å². The summed E-state index contributed by atoms with van der Waals surface area (Å²) in [6.07, 6.45) is -2.15. The van der Waals surface area contributed by atoms with E-state index in [0.29, 0.717) is 34.3 Å². The fourth-order valence-corrected chi connectivity index (χ4v) is 8.06. The van der Waals surface area contributed by atoms with E-state index < -0.39 is 30.4 Å². The molecule has 0 spiro atoms. The molecule has 0 unspecified atom stereocenters. The Morgan fingerprint density at radius 1 is 0.774 bits per heavy atom. The van der Waals surface area contributed by atoms with Crippen LogP contribution in [0.25, 0.3) is 43.6 Å². The van der Waals surface area contributed by atoms with Crippen LogP contribution in [0, 0.1) is 13.8 Å². The van der Waals surface area contributed by atoms with Crippen molar-refractivity contribution >= 4 is 67.4 Å². The number of para-hydroxylation sites is 2. The Morgan fingerprint density at radius 2 is 1.38 bits per heavy atom. The molecule has 0 aliphatic carbocycles. The van der Waals surface area contributed by atoms with Crippen LogP contribution in [0.5, 0.6) is 0 Å². The van der Waals surface area contributed by atoms with E-state index in [1.807, 2.05) is 91.2 Å². The van der Waals surface area contributed by atoms with Crippen molar-refractivity contribution in [1.29, 1.82) is 0 Å². The second-order valence-corrected chi connectivity index (χ2v) is 13.9. The lowest BCUT2D eigenvalue weighted by Crippen LogP contribution is -2.32. The lowest BCUT2D eigenvalue weighted by atomic mass is 9.97. The number of fused-ring (bicyclic) bond motifs is 10. The summed E-state index contributed by atoms with van der Waals surface area (Å²) in [5.74, 6) is -1.41. The molecule has 2 aliphatic rings. The molecule has 2 aliphatic heterocycles. The fourth-order valence-electron chi connectivity index (χ4n) is 8.06. The summed E-state index contributed by atoms with van der Waals surface area (Å²) in [7, 11) is 0. The third-order valence-electron chi connectivity index (χ3n) is 10.5. The highest BCUT2D eigenvalue weighted by molar-refractivity contribution is 6.32. The summed E-state index contributed by atoms with van der Waals surface area (Å²) in [5.41, 5.74) is 7.06. The van der Waals surface area contributed by atoms with Crippen LogP contribution < -0.4 is 5.32 Å². The predicted molar refractivity (Wildman–Crippen MR) is 200 cm³/mol. The molecule has 0 bridgehead atoms. The molecule has 0 radical (unpaired) electrons. The lowest BCUT2D eigenvalue weighted by Gasteiger charge is -2.19. The number of carbonyl (C=O) groups excluding carboxylic acids is 4. The number of hydrogen-bond donors (Lipinski definition) is 1. The van der Waals surface area contributed by atoms with Crippen molar-refractivity contribution in [2.24, 2.45) is 0 Å². The second kappa shape index (κ2) is 12.5.